The van der Waals surface area contributed by atoms with Crippen LogP contribution in [0.5, 0.6) is 0 Å². The predicted molar refractivity (Wildman–Crippen MR) is 29.5 cm³/mol. The van der Waals surface area contributed by atoms with Crippen LogP contribution in [-0.2, 0) is 9.59 Å². The summed E-state index contributed by atoms with van der Waals surface area (Å²) in [5.41, 5.74) is 6.57. The molecule has 0 rings (SSSR count). The molecule has 8 heavy (non-hydrogen) atoms. The molecule has 0 fully saturated rings. The van der Waals surface area contributed by atoms with Gasteiger partial charge in [-0.2, -0.15) is 0 Å². The Morgan fingerprint density at radius 1 is 1.62 bits per heavy atom. The van der Waals surface area contributed by atoms with Gasteiger partial charge in [-0.05, 0) is 6.42 Å². The van der Waals surface area contributed by atoms with Gasteiger partial charge in [0.1, 0.15) is 12.1 Å². The zero-order valence-corrected chi connectivity index (χ0v) is 4.52. The molecule has 0 saturated carbocycles. The summed E-state index contributed by atoms with van der Waals surface area (Å²) in [6, 6.07) is 0. The van der Waals surface area contributed by atoms with Crippen molar-refractivity contribution in [2.75, 3.05) is 6.54 Å². The Labute approximate surface area is 47.9 Å². The highest BCUT2D eigenvalue weighted by atomic mass is 16.1. The normalized spacial score (nSPS) is 8.62. The molecule has 0 aliphatic rings. The van der Waals surface area contributed by atoms with Crippen LogP contribution in [0.2, 0.25) is 0 Å². The monoisotopic (exact) mass is 114 g/mol. The van der Waals surface area contributed by atoms with E-state index in [1.165, 1.54) is 0 Å². The maximum Gasteiger partial charge on any atom is 0.138 e. The minimum absolute atomic E-state index is 0.0289. The number of carbonyl (C=O) groups excluding carboxylic acids is 2. The van der Waals surface area contributed by atoms with Gasteiger partial charge in [-0.1, -0.05) is 0 Å². The highest BCUT2D eigenvalue weighted by Crippen LogP contribution is 1.85. The van der Waals surface area contributed by atoms with Gasteiger partial charge in [-0.15, -0.1) is 6.54 Å². The van der Waals surface area contributed by atoms with Crippen LogP contribution in [0.4, 0.5) is 0 Å². The number of carbonyl (C=O) groups is 2. The van der Waals surface area contributed by atoms with Crippen molar-refractivity contribution in [3.63, 3.8) is 0 Å². The molecule has 0 atom stereocenters. The standard InChI is InChI=1S/C5H8NO2/c6-3-1-5(8)2-4-7/h4,6H,1-3H2/q-1. The van der Waals surface area contributed by atoms with Gasteiger partial charge in [0.25, 0.3) is 0 Å². The van der Waals surface area contributed by atoms with E-state index in [2.05, 4.69) is 0 Å². The second-order valence-electron chi connectivity index (χ2n) is 1.41. The van der Waals surface area contributed by atoms with Crippen molar-refractivity contribution in [3.05, 3.63) is 5.73 Å². The molecular formula is C5H8NO2-. The fraction of sp³-hybridized carbons (Fsp3) is 0.600. The first-order valence-corrected chi connectivity index (χ1v) is 2.41. The third-order valence-corrected chi connectivity index (χ3v) is 0.715. The zero-order valence-electron chi connectivity index (χ0n) is 4.52. The first kappa shape index (κ1) is 7.30. The van der Waals surface area contributed by atoms with Crippen LogP contribution in [0.1, 0.15) is 12.8 Å². The van der Waals surface area contributed by atoms with Crippen LogP contribution in [-0.4, -0.2) is 18.6 Å². The predicted octanol–water partition coefficient (Wildman–Crippen LogP) is 0.587. The van der Waals surface area contributed by atoms with E-state index in [-0.39, 0.29) is 25.2 Å². The molecule has 0 amide bonds. The van der Waals surface area contributed by atoms with E-state index in [1.54, 1.807) is 0 Å². The second-order valence-corrected chi connectivity index (χ2v) is 1.41. The van der Waals surface area contributed by atoms with Crippen LogP contribution in [0.15, 0.2) is 0 Å². The molecular weight excluding hydrogens is 106 g/mol. The number of nitrogens with one attached hydrogen (secondary N) is 1. The SMILES string of the molecule is [NH-]CCC(=O)CC=O. The van der Waals surface area contributed by atoms with Gasteiger partial charge in [-0.3, -0.25) is 4.79 Å². The molecule has 0 unspecified atom stereocenters. The number of Topliss-reactive ketones (excluding diaryl/α,β-unsaturated/α-hetero) is 1. The van der Waals surface area contributed by atoms with Gasteiger partial charge in [-0.25, -0.2) is 0 Å². The Bertz CT molecular complexity index is 90.4. The van der Waals surface area contributed by atoms with Crippen molar-refractivity contribution in [2.24, 2.45) is 0 Å². The molecule has 0 bridgehead atoms. The Morgan fingerprint density at radius 3 is 2.62 bits per heavy atom. The van der Waals surface area contributed by atoms with Crippen LogP contribution in [0.3, 0.4) is 0 Å². The quantitative estimate of drug-likeness (QED) is 0.396. The van der Waals surface area contributed by atoms with Gasteiger partial charge in [0.15, 0.2) is 0 Å². The minimum Gasteiger partial charge on any atom is -0.677 e. The van der Waals surface area contributed by atoms with Crippen molar-refractivity contribution >= 4 is 12.1 Å². The molecule has 46 valence electrons. The number of hydrogen-bond donors (Lipinski definition) is 0. The van der Waals surface area contributed by atoms with Crippen molar-refractivity contribution in [3.8, 4) is 0 Å². The highest BCUT2D eigenvalue weighted by Gasteiger charge is 1.93. The lowest BCUT2D eigenvalue weighted by atomic mass is 10.2. The van der Waals surface area contributed by atoms with Crippen molar-refractivity contribution in [1.82, 2.24) is 0 Å². The fourth-order valence-electron chi connectivity index (χ4n) is 0.334. The molecule has 3 nitrogen and oxygen atoms in total. The summed E-state index contributed by atoms with van der Waals surface area (Å²) in [6.45, 7) is 0.0900. The van der Waals surface area contributed by atoms with E-state index in [0.29, 0.717) is 6.29 Å². The number of ketones is 1. The van der Waals surface area contributed by atoms with Gasteiger partial charge < -0.3 is 10.5 Å². The summed E-state index contributed by atoms with van der Waals surface area (Å²) >= 11 is 0. The summed E-state index contributed by atoms with van der Waals surface area (Å²) in [5.74, 6) is -0.144. The van der Waals surface area contributed by atoms with Crippen LogP contribution in [0.25, 0.3) is 5.73 Å². The third kappa shape index (κ3) is 3.49. The van der Waals surface area contributed by atoms with Crippen LogP contribution in [0, 0.1) is 0 Å². The summed E-state index contributed by atoms with van der Waals surface area (Å²) in [7, 11) is 0. The molecule has 3 heteroatoms. The van der Waals surface area contributed by atoms with E-state index >= 15 is 0 Å². The van der Waals surface area contributed by atoms with E-state index < -0.39 is 0 Å². The third-order valence-electron chi connectivity index (χ3n) is 0.715. The molecule has 0 aliphatic carbocycles. The smallest absolute Gasteiger partial charge is 0.138 e. The second kappa shape index (κ2) is 4.46. The molecule has 0 aromatic heterocycles. The molecule has 0 aliphatic heterocycles. The lowest BCUT2D eigenvalue weighted by Crippen LogP contribution is -1.98. The summed E-state index contributed by atoms with van der Waals surface area (Å²) in [5, 5.41) is 0. The van der Waals surface area contributed by atoms with Crippen LogP contribution < -0.4 is 0 Å². The maximum atomic E-state index is 10.3. The Morgan fingerprint density at radius 2 is 2.25 bits per heavy atom. The molecule has 0 spiro atoms. The van der Waals surface area contributed by atoms with Crippen LogP contribution >= 0.6 is 0 Å². The van der Waals surface area contributed by atoms with E-state index in [4.69, 9.17) is 5.73 Å². The van der Waals surface area contributed by atoms with Gasteiger partial charge in [0.2, 0.25) is 0 Å². The van der Waals surface area contributed by atoms with E-state index in [0.717, 1.165) is 0 Å². The zero-order chi connectivity index (χ0) is 6.41. The molecule has 0 radical (unpaired) electrons. The Balaban J connectivity index is 3.18. The largest absolute Gasteiger partial charge is 0.677 e. The topological polar surface area (TPSA) is 57.9 Å². The fourth-order valence-corrected chi connectivity index (χ4v) is 0.334. The van der Waals surface area contributed by atoms with Gasteiger partial charge in [0, 0.05) is 0 Å². The van der Waals surface area contributed by atoms with Gasteiger partial charge in [0.05, 0.1) is 6.42 Å². The Hall–Kier alpha value is -0.700. The maximum absolute atomic E-state index is 10.3. The molecule has 0 aromatic carbocycles. The average Bonchev–Trinajstić information content (AvgIpc) is 1.68. The number of hydrogen-bond acceptors (Lipinski definition) is 2. The molecule has 0 aromatic rings. The summed E-state index contributed by atoms with van der Waals surface area (Å²) in [6.07, 6.45) is 0.746. The van der Waals surface area contributed by atoms with Crippen molar-refractivity contribution in [2.45, 2.75) is 12.8 Å². The van der Waals surface area contributed by atoms with E-state index in [9.17, 15) is 9.59 Å². The number of aldehydes is 1. The Kier molecular flexibility index (Phi) is 4.07. The van der Waals surface area contributed by atoms with Crippen molar-refractivity contribution < 1.29 is 9.59 Å². The average molecular weight is 114 g/mol. The van der Waals surface area contributed by atoms with Gasteiger partial charge >= 0.3 is 0 Å². The molecule has 1 N–H and O–H groups in total. The van der Waals surface area contributed by atoms with Crippen molar-refractivity contribution in [1.29, 1.82) is 0 Å². The summed E-state index contributed by atoms with van der Waals surface area (Å²) < 4.78 is 0. The highest BCUT2D eigenvalue weighted by molar-refractivity contribution is 5.89. The first-order valence-electron chi connectivity index (χ1n) is 2.41. The van der Waals surface area contributed by atoms with E-state index in [1.807, 2.05) is 0 Å². The minimum atomic E-state index is -0.144. The first-order chi connectivity index (χ1) is 3.81. The number of rotatable bonds is 4. The lowest BCUT2D eigenvalue weighted by molar-refractivity contribution is -0.122. The molecule has 0 heterocycles. The summed E-state index contributed by atoms with van der Waals surface area (Å²) in [4.78, 5) is 19.9. The molecule has 0 saturated heterocycles. The lowest BCUT2D eigenvalue weighted by Gasteiger charge is -1.94.